The van der Waals surface area contributed by atoms with Gasteiger partial charge in [-0.05, 0) is 38.0 Å². The van der Waals surface area contributed by atoms with Crippen molar-refractivity contribution in [2.45, 2.75) is 49.6 Å². The predicted molar refractivity (Wildman–Crippen MR) is 96.6 cm³/mol. The summed E-state index contributed by atoms with van der Waals surface area (Å²) in [5, 5.41) is 3.07. The zero-order chi connectivity index (χ0) is 19.6. The molecular weight excluding hydrogens is 376 g/mol. The van der Waals surface area contributed by atoms with E-state index in [2.05, 4.69) is 5.32 Å². The molecule has 1 saturated carbocycles. The molecule has 1 N–H and O–H groups in total. The summed E-state index contributed by atoms with van der Waals surface area (Å²) in [7, 11) is -3.89. The van der Waals surface area contributed by atoms with Crippen LogP contribution in [-0.2, 0) is 14.8 Å². The molecule has 1 amide bonds. The summed E-state index contributed by atoms with van der Waals surface area (Å²) < 4.78 is 53.0. The molecule has 6 nitrogen and oxygen atoms in total. The maximum absolute atomic E-state index is 13.4. The van der Waals surface area contributed by atoms with Gasteiger partial charge in [-0.2, -0.15) is 4.31 Å². The Kier molecular flexibility index (Phi) is 6.12. The van der Waals surface area contributed by atoms with E-state index < -0.39 is 21.7 Å². The third-order valence-corrected chi connectivity index (χ3v) is 7.33. The third kappa shape index (κ3) is 4.47. The average Bonchev–Trinajstić information content (AvgIpc) is 3.16. The zero-order valence-electron chi connectivity index (χ0n) is 15.3. The van der Waals surface area contributed by atoms with Crippen LogP contribution in [0.15, 0.2) is 23.1 Å². The van der Waals surface area contributed by atoms with E-state index >= 15 is 0 Å². The second kappa shape index (κ2) is 8.20. The van der Waals surface area contributed by atoms with E-state index in [-0.39, 0.29) is 36.0 Å². The first-order valence-corrected chi connectivity index (χ1v) is 10.7. The molecule has 1 aromatic rings. The number of carbonyl (C=O) groups is 1. The molecule has 27 heavy (non-hydrogen) atoms. The number of piperazine rings is 1. The molecule has 1 saturated heterocycles. The van der Waals surface area contributed by atoms with Crippen LogP contribution in [0.4, 0.5) is 8.78 Å². The topological polar surface area (TPSA) is 69.7 Å². The van der Waals surface area contributed by atoms with Gasteiger partial charge >= 0.3 is 0 Å². The minimum Gasteiger partial charge on any atom is -0.352 e. The molecule has 1 unspecified atom stereocenters. The summed E-state index contributed by atoms with van der Waals surface area (Å²) in [5.41, 5.74) is 0. The van der Waals surface area contributed by atoms with Crippen molar-refractivity contribution in [2.24, 2.45) is 0 Å². The number of sulfonamides is 1. The molecule has 0 radical (unpaired) electrons. The van der Waals surface area contributed by atoms with E-state index in [1.807, 2.05) is 11.8 Å². The molecule has 1 atom stereocenters. The number of carbonyl (C=O) groups excluding carboxylic acids is 1. The number of nitrogens with zero attached hydrogens (tertiary/aromatic N) is 2. The maximum Gasteiger partial charge on any atom is 0.243 e. The highest BCUT2D eigenvalue weighted by atomic mass is 32.2. The van der Waals surface area contributed by atoms with Crippen LogP contribution in [0.3, 0.4) is 0 Å². The molecule has 1 heterocycles. The van der Waals surface area contributed by atoms with Crippen molar-refractivity contribution in [3.8, 4) is 0 Å². The Bertz CT molecular complexity index is 789. The van der Waals surface area contributed by atoms with Gasteiger partial charge in [0, 0.05) is 32.2 Å². The Morgan fingerprint density at radius 3 is 2.33 bits per heavy atom. The molecule has 2 aliphatic rings. The molecule has 150 valence electrons. The molecule has 1 aliphatic carbocycles. The standard InChI is InChI=1S/C18H25F2N3O3S/c1-13(18(24)21-14-4-2-3-5-14)22-8-10-23(11-9-22)27(25,26)15-6-7-16(19)17(20)12-15/h6-7,12-14H,2-5,8-11H2,1H3,(H,21,24). The number of rotatable bonds is 5. The van der Waals surface area contributed by atoms with E-state index in [0.29, 0.717) is 19.2 Å². The van der Waals surface area contributed by atoms with Crippen LogP contribution in [0.2, 0.25) is 0 Å². The lowest BCUT2D eigenvalue weighted by Gasteiger charge is -2.37. The monoisotopic (exact) mass is 401 g/mol. The van der Waals surface area contributed by atoms with Crippen molar-refractivity contribution in [2.75, 3.05) is 26.2 Å². The van der Waals surface area contributed by atoms with E-state index in [4.69, 9.17) is 0 Å². The summed E-state index contributed by atoms with van der Waals surface area (Å²) in [6.07, 6.45) is 4.30. The summed E-state index contributed by atoms with van der Waals surface area (Å²) >= 11 is 0. The lowest BCUT2D eigenvalue weighted by molar-refractivity contribution is -0.127. The number of benzene rings is 1. The SMILES string of the molecule is CC(C(=O)NC1CCCC1)N1CCN(S(=O)(=O)c2ccc(F)c(F)c2)CC1. The van der Waals surface area contributed by atoms with Crippen LogP contribution in [0, 0.1) is 11.6 Å². The Labute approximate surface area is 158 Å². The summed E-state index contributed by atoms with van der Waals surface area (Å²) in [6, 6.07) is 2.49. The van der Waals surface area contributed by atoms with Crippen molar-refractivity contribution < 1.29 is 22.0 Å². The Morgan fingerprint density at radius 1 is 1.11 bits per heavy atom. The molecule has 3 rings (SSSR count). The first-order valence-electron chi connectivity index (χ1n) is 9.28. The number of hydrogen-bond acceptors (Lipinski definition) is 4. The van der Waals surface area contributed by atoms with Crippen molar-refractivity contribution in [1.82, 2.24) is 14.5 Å². The Hall–Kier alpha value is -1.58. The first kappa shape index (κ1) is 20.2. The van der Waals surface area contributed by atoms with Gasteiger partial charge in [0.05, 0.1) is 10.9 Å². The minimum atomic E-state index is -3.89. The van der Waals surface area contributed by atoms with E-state index in [9.17, 15) is 22.0 Å². The van der Waals surface area contributed by atoms with Crippen LogP contribution in [0.1, 0.15) is 32.6 Å². The lowest BCUT2D eigenvalue weighted by atomic mass is 10.2. The van der Waals surface area contributed by atoms with E-state index in [1.54, 1.807) is 0 Å². The molecule has 9 heteroatoms. The van der Waals surface area contributed by atoms with Crippen LogP contribution < -0.4 is 5.32 Å². The van der Waals surface area contributed by atoms with E-state index in [1.165, 1.54) is 4.31 Å². The van der Waals surface area contributed by atoms with Gasteiger partial charge in [-0.15, -0.1) is 0 Å². The fourth-order valence-corrected chi connectivity index (χ4v) is 5.11. The molecular formula is C18H25F2N3O3S. The predicted octanol–water partition coefficient (Wildman–Crippen LogP) is 1.72. The van der Waals surface area contributed by atoms with Gasteiger partial charge < -0.3 is 5.32 Å². The molecule has 0 bridgehead atoms. The molecule has 1 aliphatic heterocycles. The first-order chi connectivity index (χ1) is 12.8. The number of hydrogen-bond donors (Lipinski definition) is 1. The normalized spacial score (nSPS) is 21.3. The van der Waals surface area contributed by atoms with Crippen molar-refractivity contribution in [3.63, 3.8) is 0 Å². The highest BCUT2D eigenvalue weighted by molar-refractivity contribution is 7.89. The van der Waals surface area contributed by atoms with Gasteiger partial charge in [0.25, 0.3) is 0 Å². The minimum absolute atomic E-state index is 0.0289. The summed E-state index contributed by atoms with van der Waals surface area (Å²) in [6.45, 7) is 3.03. The van der Waals surface area contributed by atoms with Crippen LogP contribution >= 0.6 is 0 Å². The number of nitrogens with one attached hydrogen (secondary N) is 1. The van der Waals surface area contributed by atoms with Crippen molar-refractivity contribution in [1.29, 1.82) is 0 Å². The summed E-state index contributed by atoms with van der Waals surface area (Å²) in [5.74, 6) is -2.30. The smallest absolute Gasteiger partial charge is 0.243 e. The highest BCUT2D eigenvalue weighted by Gasteiger charge is 2.32. The second-order valence-corrected chi connectivity index (χ2v) is 9.12. The summed E-state index contributed by atoms with van der Waals surface area (Å²) in [4.78, 5) is 14.1. The zero-order valence-corrected chi connectivity index (χ0v) is 16.1. The number of amides is 1. The van der Waals surface area contributed by atoms with Gasteiger partial charge in [-0.3, -0.25) is 9.69 Å². The maximum atomic E-state index is 13.4. The fourth-order valence-electron chi connectivity index (χ4n) is 3.68. The van der Waals surface area contributed by atoms with E-state index in [0.717, 1.165) is 37.8 Å². The molecule has 0 aromatic heterocycles. The molecule has 1 aromatic carbocycles. The van der Waals surface area contributed by atoms with Gasteiger partial charge in [-0.1, -0.05) is 12.8 Å². The average molecular weight is 401 g/mol. The molecule has 0 spiro atoms. The quantitative estimate of drug-likeness (QED) is 0.816. The van der Waals surface area contributed by atoms with Crippen LogP contribution in [0.25, 0.3) is 0 Å². The fraction of sp³-hybridized carbons (Fsp3) is 0.611. The largest absolute Gasteiger partial charge is 0.352 e. The molecule has 2 fully saturated rings. The Balaban J connectivity index is 1.58. The second-order valence-electron chi connectivity index (χ2n) is 7.18. The van der Waals surface area contributed by atoms with Crippen molar-refractivity contribution >= 4 is 15.9 Å². The third-order valence-electron chi connectivity index (χ3n) is 5.43. The van der Waals surface area contributed by atoms with Crippen molar-refractivity contribution in [3.05, 3.63) is 29.8 Å². The van der Waals surface area contributed by atoms with Crippen LogP contribution in [-0.4, -0.2) is 61.8 Å². The Morgan fingerprint density at radius 2 is 1.74 bits per heavy atom. The highest BCUT2D eigenvalue weighted by Crippen LogP contribution is 2.21. The van der Waals surface area contributed by atoms with Gasteiger partial charge in [0.15, 0.2) is 11.6 Å². The number of halogens is 2. The van der Waals surface area contributed by atoms with Gasteiger partial charge in [0.2, 0.25) is 15.9 Å². The van der Waals surface area contributed by atoms with Crippen LogP contribution in [0.5, 0.6) is 0 Å². The van der Waals surface area contributed by atoms with Gasteiger partial charge in [-0.25, -0.2) is 17.2 Å². The van der Waals surface area contributed by atoms with Gasteiger partial charge in [0.1, 0.15) is 0 Å². The lowest BCUT2D eigenvalue weighted by Crippen LogP contribution is -2.55.